The van der Waals surface area contributed by atoms with Crippen molar-refractivity contribution in [2.24, 2.45) is 0 Å². The van der Waals surface area contributed by atoms with Gasteiger partial charge < -0.3 is 5.32 Å². The predicted molar refractivity (Wildman–Crippen MR) is 99.3 cm³/mol. The Balaban J connectivity index is 1.51. The third kappa shape index (κ3) is 3.53. The van der Waals surface area contributed by atoms with Gasteiger partial charge in [-0.25, -0.2) is 0 Å². The topological polar surface area (TPSA) is 54.9 Å². The molecule has 0 spiro atoms. The second-order valence-corrected chi connectivity index (χ2v) is 6.68. The summed E-state index contributed by atoms with van der Waals surface area (Å²) in [5.74, 6) is -0.0666. The molecule has 2 aromatic heterocycles. The molecule has 4 nitrogen and oxygen atoms in total. The van der Waals surface area contributed by atoms with E-state index < -0.39 is 0 Å². The maximum absolute atomic E-state index is 12.4. The summed E-state index contributed by atoms with van der Waals surface area (Å²) in [6.07, 6.45) is 11.3. The number of carbonyl (C=O) groups is 1. The molecule has 25 heavy (non-hydrogen) atoms. The molecule has 0 bridgehead atoms. The zero-order valence-corrected chi connectivity index (χ0v) is 14.1. The van der Waals surface area contributed by atoms with Gasteiger partial charge in [0.2, 0.25) is 0 Å². The normalized spacial score (nSPS) is 15.2. The molecule has 0 aliphatic heterocycles. The van der Waals surface area contributed by atoms with Crippen LogP contribution < -0.4 is 5.32 Å². The minimum absolute atomic E-state index is 0.0666. The van der Waals surface area contributed by atoms with Crippen LogP contribution in [0.2, 0.25) is 0 Å². The molecule has 1 saturated carbocycles. The zero-order chi connectivity index (χ0) is 17.1. The molecular weight excluding hydrogens is 310 g/mol. The van der Waals surface area contributed by atoms with E-state index in [0.29, 0.717) is 11.7 Å². The first kappa shape index (κ1) is 15.8. The highest BCUT2D eigenvalue weighted by atomic mass is 16.1. The van der Waals surface area contributed by atoms with Gasteiger partial charge in [0, 0.05) is 35.6 Å². The molecule has 126 valence electrons. The van der Waals surface area contributed by atoms with E-state index in [-0.39, 0.29) is 5.91 Å². The Labute approximate surface area is 147 Å². The van der Waals surface area contributed by atoms with Gasteiger partial charge in [-0.1, -0.05) is 37.5 Å². The molecular formula is C21H21N3O. The Morgan fingerprint density at radius 3 is 2.56 bits per heavy atom. The maximum atomic E-state index is 12.4. The first-order valence-corrected chi connectivity index (χ1v) is 8.91. The summed E-state index contributed by atoms with van der Waals surface area (Å²) in [7, 11) is 0. The van der Waals surface area contributed by atoms with Crippen LogP contribution in [0.5, 0.6) is 0 Å². The van der Waals surface area contributed by atoms with E-state index in [9.17, 15) is 4.79 Å². The van der Waals surface area contributed by atoms with Crippen LogP contribution in [0.25, 0.3) is 21.9 Å². The zero-order valence-electron chi connectivity index (χ0n) is 14.1. The average molecular weight is 331 g/mol. The van der Waals surface area contributed by atoms with E-state index in [4.69, 9.17) is 0 Å². The van der Waals surface area contributed by atoms with Crippen molar-refractivity contribution in [2.45, 2.75) is 38.1 Å². The van der Waals surface area contributed by atoms with E-state index in [0.717, 1.165) is 34.7 Å². The summed E-state index contributed by atoms with van der Waals surface area (Å²) in [5.41, 5.74) is 2.58. The molecule has 3 aromatic rings. The molecule has 0 radical (unpaired) electrons. The molecule has 1 aromatic carbocycles. The van der Waals surface area contributed by atoms with Gasteiger partial charge in [0.1, 0.15) is 5.69 Å². The lowest BCUT2D eigenvalue weighted by molar-refractivity contribution is 0.0922. The Morgan fingerprint density at radius 1 is 0.920 bits per heavy atom. The van der Waals surface area contributed by atoms with Crippen molar-refractivity contribution in [3.05, 3.63) is 60.7 Å². The lowest BCUT2D eigenvalue weighted by Gasteiger charge is -2.22. The Hall–Kier alpha value is -2.75. The van der Waals surface area contributed by atoms with Crippen molar-refractivity contribution in [1.29, 1.82) is 0 Å². The van der Waals surface area contributed by atoms with Gasteiger partial charge in [-0.05, 0) is 42.0 Å². The van der Waals surface area contributed by atoms with Gasteiger partial charge in [-0.3, -0.25) is 14.8 Å². The van der Waals surface area contributed by atoms with Gasteiger partial charge in [-0.15, -0.1) is 0 Å². The summed E-state index contributed by atoms with van der Waals surface area (Å²) < 4.78 is 0. The van der Waals surface area contributed by atoms with E-state index >= 15 is 0 Å². The number of amides is 1. The van der Waals surface area contributed by atoms with Crippen molar-refractivity contribution in [3.63, 3.8) is 0 Å². The van der Waals surface area contributed by atoms with Crippen LogP contribution in [-0.2, 0) is 0 Å². The molecule has 0 atom stereocenters. The van der Waals surface area contributed by atoms with E-state index in [1.807, 2.05) is 24.4 Å². The number of nitrogens with zero attached hydrogens (tertiary/aromatic N) is 2. The quantitative estimate of drug-likeness (QED) is 0.776. The van der Waals surface area contributed by atoms with Gasteiger partial charge in [0.05, 0.1) is 0 Å². The monoisotopic (exact) mass is 331 g/mol. The number of nitrogens with one attached hydrogen (secondary N) is 1. The van der Waals surface area contributed by atoms with Gasteiger partial charge in [-0.2, -0.15) is 0 Å². The van der Waals surface area contributed by atoms with Crippen molar-refractivity contribution in [1.82, 2.24) is 15.3 Å². The minimum atomic E-state index is -0.0666. The number of benzene rings is 1. The van der Waals surface area contributed by atoms with Crippen molar-refractivity contribution in [2.75, 3.05) is 0 Å². The predicted octanol–water partition coefficient (Wildman–Crippen LogP) is 4.36. The lowest BCUT2D eigenvalue weighted by Crippen LogP contribution is -2.36. The highest BCUT2D eigenvalue weighted by Crippen LogP contribution is 2.24. The Bertz CT molecular complexity index is 883. The molecule has 1 aliphatic carbocycles. The van der Waals surface area contributed by atoms with Crippen LogP contribution in [0, 0.1) is 0 Å². The van der Waals surface area contributed by atoms with Gasteiger partial charge in [0.25, 0.3) is 5.91 Å². The van der Waals surface area contributed by atoms with Crippen molar-refractivity contribution in [3.8, 4) is 11.1 Å². The van der Waals surface area contributed by atoms with Crippen LogP contribution in [0.3, 0.4) is 0 Å². The lowest BCUT2D eigenvalue weighted by atomic mass is 9.95. The number of fused-ring (bicyclic) bond motifs is 1. The molecule has 0 saturated heterocycles. The largest absolute Gasteiger partial charge is 0.348 e. The molecule has 1 amide bonds. The third-order valence-corrected chi connectivity index (χ3v) is 4.91. The number of carbonyl (C=O) groups excluding carboxylic acids is 1. The number of aromatic nitrogens is 2. The van der Waals surface area contributed by atoms with Crippen molar-refractivity contribution < 1.29 is 4.79 Å². The second kappa shape index (κ2) is 7.01. The van der Waals surface area contributed by atoms with Crippen LogP contribution in [-0.4, -0.2) is 21.9 Å². The highest BCUT2D eigenvalue weighted by molar-refractivity contribution is 5.93. The smallest absolute Gasteiger partial charge is 0.270 e. The molecule has 2 heterocycles. The fraction of sp³-hybridized carbons (Fsp3) is 0.286. The summed E-state index contributed by atoms with van der Waals surface area (Å²) >= 11 is 0. The van der Waals surface area contributed by atoms with Crippen LogP contribution in [0.1, 0.15) is 42.6 Å². The van der Waals surface area contributed by atoms with Crippen molar-refractivity contribution >= 4 is 16.7 Å². The maximum Gasteiger partial charge on any atom is 0.270 e. The van der Waals surface area contributed by atoms with Crippen LogP contribution >= 0.6 is 0 Å². The van der Waals surface area contributed by atoms with Crippen LogP contribution in [0.15, 0.2) is 55.0 Å². The number of pyridine rings is 2. The standard InChI is InChI=1S/C21H21N3O/c25-21(24-19-4-2-1-3-5-19)20-9-8-18(14-23-20)15-6-7-17-13-22-11-10-16(17)12-15/h6-14,19H,1-5H2,(H,24,25). The summed E-state index contributed by atoms with van der Waals surface area (Å²) in [5, 5.41) is 5.37. The molecule has 0 unspecified atom stereocenters. The number of hydrogen-bond donors (Lipinski definition) is 1. The first-order valence-electron chi connectivity index (χ1n) is 8.91. The SMILES string of the molecule is O=C(NC1CCCCC1)c1ccc(-c2ccc3cnccc3c2)cn1. The molecule has 4 rings (SSSR count). The Kier molecular flexibility index (Phi) is 4.42. The molecule has 1 N–H and O–H groups in total. The number of rotatable bonds is 3. The molecule has 1 aliphatic rings. The highest BCUT2D eigenvalue weighted by Gasteiger charge is 2.17. The van der Waals surface area contributed by atoms with Gasteiger partial charge >= 0.3 is 0 Å². The Morgan fingerprint density at radius 2 is 1.76 bits per heavy atom. The summed E-state index contributed by atoms with van der Waals surface area (Å²) in [6, 6.07) is 12.3. The molecule has 4 heteroatoms. The minimum Gasteiger partial charge on any atom is -0.348 e. The van der Waals surface area contributed by atoms with E-state index in [2.05, 4.69) is 33.5 Å². The van der Waals surface area contributed by atoms with E-state index in [1.54, 1.807) is 12.4 Å². The first-order chi connectivity index (χ1) is 12.3. The fourth-order valence-electron chi connectivity index (χ4n) is 3.47. The van der Waals surface area contributed by atoms with E-state index in [1.165, 1.54) is 19.3 Å². The van der Waals surface area contributed by atoms with Gasteiger partial charge in [0.15, 0.2) is 0 Å². The summed E-state index contributed by atoms with van der Waals surface area (Å²) in [6.45, 7) is 0. The molecule has 1 fully saturated rings. The number of hydrogen-bond acceptors (Lipinski definition) is 3. The van der Waals surface area contributed by atoms with Crippen LogP contribution in [0.4, 0.5) is 0 Å². The fourth-order valence-corrected chi connectivity index (χ4v) is 3.47. The third-order valence-electron chi connectivity index (χ3n) is 4.91. The average Bonchev–Trinajstić information content (AvgIpc) is 2.68. The summed E-state index contributed by atoms with van der Waals surface area (Å²) in [4.78, 5) is 20.9. The second-order valence-electron chi connectivity index (χ2n) is 6.68.